The lowest BCUT2D eigenvalue weighted by Crippen LogP contribution is -1.84. The number of nitrogens with zero attached hydrogens (tertiary/aromatic N) is 2. The van der Waals surface area contributed by atoms with Crippen molar-refractivity contribution in [3.63, 3.8) is 0 Å². The average molecular weight is 327 g/mol. The first-order valence-electron chi connectivity index (χ1n) is 7.25. The van der Waals surface area contributed by atoms with Crippen molar-refractivity contribution >= 4 is 22.7 Å². The molecule has 1 N–H and O–H groups in total. The Hall–Kier alpha value is -2.59. The predicted octanol–water partition coefficient (Wildman–Crippen LogP) is 4.74. The fourth-order valence-corrected chi connectivity index (χ4v) is 2.31. The Morgan fingerprint density at radius 2 is 1.83 bits per heavy atom. The highest BCUT2D eigenvalue weighted by Crippen LogP contribution is 2.24. The van der Waals surface area contributed by atoms with Crippen LogP contribution in [0.1, 0.15) is 23.9 Å². The molecule has 1 heterocycles. The van der Waals surface area contributed by atoms with Crippen LogP contribution in [0.4, 0.5) is 0 Å². The molecule has 0 spiro atoms. The zero-order chi connectivity index (χ0) is 16.2. The van der Waals surface area contributed by atoms with Crippen molar-refractivity contribution in [3.8, 4) is 17.1 Å². The number of rotatable bonds is 4. The highest BCUT2D eigenvalue weighted by atomic mass is 35.5. The molecule has 3 rings (SSSR count). The van der Waals surface area contributed by atoms with Gasteiger partial charge >= 0.3 is 0 Å². The molecule has 0 aliphatic carbocycles. The summed E-state index contributed by atoms with van der Waals surface area (Å²) in [5.74, 6) is 0.961. The molecule has 0 atom stereocenters. The van der Waals surface area contributed by atoms with Gasteiger partial charge in [-0.15, -0.1) is 0 Å². The third-order valence-corrected chi connectivity index (χ3v) is 3.71. The average Bonchev–Trinajstić information content (AvgIpc) is 3.07. The minimum Gasteiger partial charge on any atom is -0.508 e. The number of aromatic nitrogens is 2. The molecule has 0 saturated heterocycles. The van der Waals surface area contributed by atoms with Crippen LogP contribution in [-0.4, -0.2) is 15.2 Å². The van der Waals surface area contributed by atoms with E-state index in [2.05, 4.69) is 17.1 Å². The summed E-state index contributed by atoms with van der Waals surface area (Å²) in [6, 6.07) is 14.7. The molecule has 0 saturated carbocycles. The van der Waals surface area contributed by atoms with Crippen molar-refractivity contribution in [2.75, 3.05) is 0 Å². The number of hydrogen-bond donors (Lipinski definition) is 1. The number of aromatic hydroxyl groups is 1. The molecule has 0 unspecified atom stereocenters. The van der Waals surface area contributed by atoms with Gasteiger partial charge in [-0.05, 0) is 35.8 Å². The van der Waals surface area contributed by atoms with Crippen LogP contribution >= 0.6 is 11.6 Å². The Labute approximate surface area is 139 Å². The van der Waals surface area contributed by atoms with Crippen molar-refractivity contribution in [3.05, 3.63) is 65.5 Å². The minimum absolute atomic E-state index is 0.203. The topological polar surface area (TPSA) is 59.2 Å². The Kier molecular flexibility index (Phi) is 4.44. The van der Waals surface area contributed by atoms with Gasteiger partial charge in [-0.3, -0.25) is 0 Å². The van der Waals surface area contributed by atoms with Crippen molar-refractivity contribution in [1.29, 1.82) is 0 Å². The summed E-state index contributed by atoms with van der Waals surface area (Å²) in [5, 5.41) is 13.6. The lowest BCUT2D eigenvalue weighted by Gasteiger charge is -1.97. The van der Waals surface area contributed by atoms with Crippen LogP contribution in [-0.2, 0) is 6.42 Å². The molecule has 1 aromatic heterocycles. The van der Waals surface area contributed by atoms with E-state index < -0.39 is 0 Å². The molecule has 0 fully saturated rings. The van der Waals surface area contributed by atoms with E-state index in [4.69, 9.17) is 16.1 Å². The standard InChI is InChI=1S/C18H15ClN2O2/c1-2-12-3-7-14(8-4-12)17-20-18(23-21-17)16(19)11-13-5-9-15(22)10-6-13/h3-11,22H,2H2,1H3/b16-11-. The first-order valence-corrected chi connectivity index (χ1v) is 7.63. The van der Waals surface area contributed by atoms with Gasteiger partial charge in [-0.25, -0.2) is 0 Å². The van der Waals surface area contributed by atoms with Crippen molar-refractivity contribution in [2.45, 2.75) is 13.3 Å². The second-order valence-corrected chi connectivity index (χ2v) is 5.46. The van der Waals surface area contributed by atoms with Gasteiger partial charge in [-0.2, -0.15) is 4.98 Å². The fourth-order valence-electron chi connectivity index (χ4n) is 2.11. The molecule has 4 nitrogen and oxygen atoms in total. The normalized spacial score (nSPS) is 11.7. The van der Waals surface area contributed by atoms with E-state index in [-0.39, 0.29) is 11.6 Å². The van der Waals surface area contributed by atoms with Gasteiger partial charge in [0.2, 0.25) is 5.82 Å². The summed E-state index contributed by atoms with van der Waals surface area (Å²) in [4.78, 5) is 4.32. The second kappa shape index (κ2) is 6.67. The molecule has 2 aromatic carbocycles. The fraction of sp³-hybridized carbons (Fsp3) is 0.111. The number of benzene rings is 2. The molecule has 23 heavy (non-hydrogen) atoms. The van der Waals surface area contributed by atoms with Crippen molar-refractivity contribution in [1.82, 2.24) is 10.1 Å². The summed E-state index contributed by atoms with van der Waals surface area (Å²) < 4.78 is 5.22. The Balaban J connectivity index is 1.84. The van der Waals surface area contributed by atoms with Gasteiger partial charge in [0.1, 0.15) is 10.8 Å². The first-order chi connectivity index (χ1) is 11.2. The lowest BCUT2D eigenvalue weighted by molar-refractivity contribution is 0.410. The van der Waals surface area contributed by atoms with E-state index in [1.54, 1.807) is 30.3 Å². The molecular formula is C18H15ClN2O2. The van der Waals surface area contributed by atoms with Crippen molar-refractivity contribution < 1.29 is 9.63 Å². The molecule has 0 radical (unpaired) electrons. The van der Waals surface area contributed by atoms with E-state index in [9.17, 15) is 5.11 Å². The molecule has 0 aliphatic heterocycles. The monoisotopic (exact) mass is 326 g/mol. The number of aryl methyl sites for hydroxylation is 1. The van der Waals surface area contributed by atoms with E-state index >= 15 is 0 Å². The summed E-state index contributed by atoms with van der Waals surface area (Å²) in [5.41, 5.74) is 2.97. The molecule has 3 aromatic rings. The summed E-state index contributed by atoms with van der Waals surface area (Å²) in [7, 11) is 0. The highest BCUT2D eigenvalue weighted by Gasteiger charge is 2.11. The van der Waals surface area contributed by atoms with Gasteiger partial charge in [-0.1, -0.05) is 60.1 Å². The summed E-state index contributed by atoms with van der Waals surface area (Å²) in [6.45, 7) is 2.11. The minimum atomic E-state index is 0.203. The number of phenols is 1. The van der Waals surface area contributed by atoms with Gasteiger partial charge in [0, 0.05) is 5.56 Å². The second-order valence-electron chi connectivity index (χ2n) is 5.06. The number of hydrogen-bond acceptors (Lipinski definition) is 4. The quantitative estimate of drug-likeness (QED) is 0.752. The van der Waals surface area contributed by atoms with E-state index in [0.717, 1.165) is 17.5 Å². The molecule has 0 aliphatic rings. The smallest absolute Gasteiger partial charge is 0.269 e. The zero-order valence-corrected chi connectivity index (χ0v) is 13.3. The molecule has 0 amide bonds. The van der Waals surface area contributed by atoms with Crippen LogP contribution in [0, 0.1) is 0 Å². The van der Waals surface area contributed by atoms with Crippen LogP contribution < -0.4 is 0 Å². The molecular weight excluding hydrogens is 312 g/mol. The van der Waals surface area contributed by atoms with Crippen LogP contribution in [0.5, 0.6) is 5.75 Å². The van der Waals surface area contributed by atoms with Crippen molar-refractivity contribution in [2.24, 2.45) is 0 Å². The van der Waals surface area contributed by atoms with Crippen LogP contribution in [0.3, 0.4) is 0 Å². The number of halogens is 1. The predicted molar refractivity (Wildman–Crippen MR) is 90.9 cm³/mol. The molecule has 116 valence electrons. The van der Waals surface area contributed by atoms with Gasteiger partial charge in [0.25, 0.3) is 5.89 Å². The third-order valence-electron chi connectivity index (χ3n) is 3.44. The maximum absolute atomic E-state index is 9.28. The zero-order valence-electron chi connectivity index (χ0n) is 12.5. The summed E-state index contributed by atoms with van der Waals surface area (Å²) in [6.07, 6.45) is 2.69. The first kappa shape index (κ1) is 15.3. The Morgan fingerprint density at radius 1 is 1.13 bits per heavy atom. The van der Waals surface area contributed by atoms with Crippen LogP contribution in [0.2, 0.25) is 0 Å². The maximum atomic E-state index is 9.28. The van der Waals surface area contributed by atoms with Gasteiger partial charge in [0.05, 0.1) is 0 Å². The molecule has 5 heteroatoms. The van der Waals surface area contributed by atoms with E-state index in [1.807, 2.05) is 24.3 Å². The van der Waals surface area contributed by atoms with Gasteiger partial charge in [0.15, 0.2) is 0 Å². The van der Waals surface area contributed by atoms with E-state index in [1.165, 1.54) is 5.56 Å². The Morgan fingerprint density at radius 3 is 2.48 bits per heavy atom. The molecule has 0 bridgehead atoms. The van der Waals surface area contributed by atoms with E-state index in [0.29, 0.717) is 10.9 Å². The summed E-state index contributed by atoms with van der Waals surface area (Å²) >= 11 is 6.23. The SMILES string of the molecule is CCc1ccc(-c2noc(/C(Cl)=C/c3ccc(O)cc3)n2)cc1. The largest absolute Gasteiger partial charge is 0.508 e. The van der Waals surface area contributed by atoms with Crippen LogP contribution in [0.15, 0.2) is 53.1 Å². The maximum Gasteiger partial charge on any atom is 0.269 e. The Bertz CT molecular complexity index is 821. The lowest BCUT2D eigenvalue weighted by atomic mass is 10.1. The highest BCUT2D eigenvalue weighted by molar-refractivity contribution is 6.50. The van der Waals surface area contributed by atoms with Crippen LogP contribution in [0.25, 0.3) is 22.5 Å². The number of phenolic OH excluding ortho intramolecular Hbond substituents is 1. The van der Waals surface area contributed by atoms with Gasteiger partial charge < -0.3 is 9.63 Å². The third kappa shape index (κ3) is 3.60.